The van der Waals surface area contributed by atoms with Crippen molar-refractivity contribution in [3.63, 3.8) is 0 Å². The first kappa shape index (κ1) is 19.9. The molecule has 0 aliphatic heterocycles. The van der Waals surface area contributed by atoms with Crippen molar-refractivity contribution < 1.29 is 13.2 Å². The van der Waals surface area contributed by atoms with Gasteiger partial charge < -0.3 is 11.1 Å². The number of hydrogen-bond acceptors (Lipinski definition) is 4. The second-order valence-corrected chi connectivity index (χ2v) is 6.51. The van der Waals surface area contributed by atoms with E-state index in [-0.39, 0.29) is 48.8 Å². The number of hydrogen-bond donors (Lipinski definition) is 3. The minimum Gasteiger partial charge on any atom is -0.355 e. The molecule has 0 heterocycles. The third kappa shape index (κ3) is 7.42. The minimum atomic E-state index is -3.52. The molecule has 120 valence electrons. The van der Waals surface area contributed by atoms with E-state index in [1.165, 1.54) is 0 Å². The van der Waals surface area contributed by atoms with E-state index in [9.17, 15) is 13.2 Å². The number of sulfonamides is 1. The maximum atomic E-state index is 11.9. The lowest BCUT2D eigenvalue weighted by Gasteiger charge is -2.09. The zero-order valence-electron chi connectivity index (χ0n) is 12.1. The molecule has 6 nitrogen and oxygen atoms in total. The minimum absolute atomic E-state index is 0. The van der Waals surface area contributed by atoms with Crippen molar-refractivity contribution in [1.29, 1.82) is 0 Å². The summed E-state index contributed by atoms with van der Waals surface area (Å²) in [7, 11) is -3.52. The number of rotatable bonds is 7. The molecule has 1 aromatic rings. The van der Waals surface area contributed by atoms with Crippen LogP contribution in [-0.4, -0.2) is 33.5 Å². The molecule has 0 saturated heterocycles. The van der Waals surface area contributed by atoms with Gasteiger partial charge in [0.25, 0.3) is 0 Å². The molecule has 0 spiro atoms. The number of amides is 1. The SMILES string of the molecule is Cc1ccc(S(=O)(=O)NCCNC(=O)CC(C)N)cc1.Cl. The first-order valence-corrected chi connectivity index (χ1v) is 7.88. The lowest BCUT2D eigenvalue weighted by molar-refractivity contribution is -0.121. The number of carbonyl (C=O) groups is 1. The summed E-state index contributed by atoms with van der Waals surface area (Å²) in [6.45, 7) is 4.00. The number of nitrogens with one attached hydrogen (secondary N) is 2. The standard InChI is InChI=1S/C13H21N3O3S.ClH/c1-10-3-5-12(6-4-10)20(18,19)16-8-7-15-13(17)9-11(2)14;/h3-6,11,16H,7-9,14H2,1-2H3,(H,15,17);1H. The van der Waals surface area contributed by atoms with Crippen LogP contribution in [0.1, 0.15) is 18.9 Å². The zero-order valence-corrected chi connectivity index (χ0v) is 13.8. The first-order valence-electron chi connectivity index (χ1n) is 6.40. The van der Waals surface area contributed by atoms with Gasteiger partial charge in [-0.05, 0) is 26.0 Å². The van der Waals surface area contributed by atoms with Crippen molar-refractivity contribution in [3.8, 4) is 0 Å². The molecule has 4 N–H and O–H groups in total. The van der Waals surface area contributed by atoms with Gasteiger partial charge in [0.2, 0.25) is 15.9 Å². The second kappa shape index (κ2) is 8.99. The van der Waals surface area contributed by atoms with Crippen LogP contribution < -0.4 is 15.8 Å². The number of carbonyl (C=O) groups excluding carboxylic acids is 1. The topological polar surface area (TPSA) is 101 Å². The maximum Gasteiger partial charge on any atom is 0.240 e. The van der Waals surface area contributed by atoms with Gasteiger partial charge in [0.05, 0.1) is 4.90 Å². The molecule has 0 saturated carbocycles. The Balaban J connectivity index is 0.00000400. The molecule has 1 aromatic carbocycles. The predicted molar refractivity (Wildman–Crippen MR) is 84.9 cm³/mol. The Bertz CT molecular complexity index is 544. The summed E-state index contributed by atoms with van der Waals surface area (Å²) in [6, 6.07) is 6.36. The van der Waals surface area contributed by atoms with Crippen LogP contribution in [0.25, 0.3) is 0 Å². The van der Waals surface area contributed by atoms with Gasteiger partial charge in [-0.1, -0.05) is 17.7 Å². The summed E-state index contributed by atoms with van der Waals surface area (Å²) in [5.74, 6) is -0.186. The van der Waals surface area contributed by atoms with Gasteiger partial charge in [0.1, 0.15) is 0 Å². The summed E-state index contributed by atoms with van der Waals surface area (Å²) in [5, 5.41) is 2.60. The molecule has 1 rings (SSSR count). The Morgan fingerprint density at radius 3 is 2.33 bits per heavy atom. The average molecular weight is 336 g/mol. The Labute approximate surface area is 132 Å². The number of benzene rings is 1. The highest BCUT2D eigenvalue weighted by Crippen LogP contribution is 2.09. The number of aryl methyl sites for hydroxylation is 1. The van der Waals surface area contributed by atoms with Crippen molar-refractivity contribution in [2.75, 3.05) is 13.1 Å². The van der Waals surface area contributed by atoms with Gasteiger partial charge in [0.15, 0.2) is 0 Å². The normalized spacial score (nSPS) is 12.3. The second-order valence-electron chi connectivity index (χ2n) is 4.74. The molecule has 1 atom stereocenters. The van der Waals surface area contributed by atoms with Crippen molar-refractivity contribution in [2.45, 2.75) is 31.2 Å². The number of nitrogens with two attached hydrogens (primary N) is 1. The molecule has 0 aliphatic carbocycles. The fourth-order valence-electron chi connectivity index (χ4n) is 1.55. The van der Waals surface area contributed by atoms with Gasteiger partial charge in [-0.2, -0.15) is 0 Å². The fourth-order valence-corrected chi connectivity index (χ4v) is 2.58. The summed E-state index contributed by atoms with van der Waals surface area (Å²) in [4.78, 5) is 11.5. The van der Waals surface area contributed by atoms with Crippen LogP contribution in [0, 0.1) is 6.92 Å². The molecule has 21 heavy (non-hydrogen) atoms. The van der Waals surface area contributed by atoms with Crippen LogP contribution in [0.3, 0.4) is 0 Å². The summed E-state index contributed by atoms with van der Waals surface area (Å²) in [5.41, 5.74) is 6.48. The lowest BCUT2D eigenvalue weighted by atomic mass is 10.2. The highest BCUT2D eigenvalue weighted by molar-refractivity contribution is 7.89. The van der Waals surface area contributed by atoms with Gasteiger partial charge in [-0.25, -0.2) is 13.1 Å². The molecule has 1 amide bonds. The largest absolute Gasteiger partial charge is 0.355 e. The highest BCUT2D eigenvalue weighted by atomic mass is 35.5. The van der Waals surface area contributed by atoms with Crippen molar-refractivity contribution in [1.82, 2.24) is 10.0 Å². The molecular formula is C13H22ClN3O3S. The molecule has 0 radical (unpaired) electrons. The van der Waals surface area contributed by atoms with Gasteiger partial charge in [-0.3, -0.25) is 4.79 Å². The van der Waals surface area contributed by atoms with E-state index in [2.05, 4.69) is 10.0 Å². The first-order chi connectivity index (χ1) is 9.31. The lowest BCUT2D eigenvalue weighted by Crippen LogP contribution is -2.36. The van der Waals surface area contributed by atoms with Crippen LogP contribution in [0.15, 0.2) is 29.2 Å². The van der Waals surface area contributed by atoms with Crippen LogP contribution in [0.5, 0.6) is 0 Å². The molecule has 1 unspecified atom stereocenters. The number of halogens is 1. The molecule has 0 fully saturated rings. The van der Waals surface area contributed by atoms with Crippen LogP contribution >= 0.6 is 12.4 Å². The van der Waals surface area contributed by atoms with Crippen LogP contribution in [0.4, 0.5) is 0 Å². The van der Waals surface area contributed by atoms with E-state index in [1.807, 2.05) is 6.92 Å². The van der Waals surface area contributed by atoms with Crippen LogP contribution in [0.2, 0.25) is 0 Å². The van der Waals surface area contributed by atoms with E-state index in [0.29, 0.717) is 0 Å². The highest BCUT2D eigenvalue weighted by Gasteiger charge is 2.12. The smallest absolute Gasteiger partial charge is 0.240 e. The molecule has 8 heteroatoms. The molecular weight excluding hydrogens is 314 g/mol. The third-order valence-corrected chi connectivity index (χ3v) is 4.05. The van der Waals surface area contributed by atoms with E-state index in [1.54, 1.807) is 31.2 Å². The third-order valence-electron chi connectivity index (χ3n) is 2.58. The van der Waals surface area contributed by atoms with E-state index < -0.39 is 10.0 Å². The summed E-state index contributed by atoms with van der Waals surface area (Å²) >= 11 is 0. The average Bonchev–Trinajstić information content (AvgIpc) is 2.34. The van der Waals surface area contributed by atoms with E-state index >= 15 is 0 Å². The zero-order chi connectivity index (χ0) is 15.2. The van der Waals surface area contributed by atoms with Gasteiger partial charge in [-0.15, -0.1) is 12.4 Å². The van der Waals surface area contributed by atoms with Crippen molar-refractivity contribution >= 4 is 28.3 Å². The Hall–Kier alpha value is -1.15. The summed E-state index contributed by atoms with van der Waals surface area (Å²) in [6.07, 6.45) is 0.227. The van der Waals surface area contributed by atoms with Gasteiger partial charge >= 0.3 is 0 Å². The van der Waals surface area contributed by atoms with Crippen molar-refractivity contribution in [3.05, 3.63) is 29.8 Å². The van der Waals surface area contributed by atoms with Crippen molar-refractivity contribution in [2.24, 2.45) is 5.73 Å². The monoisotopic (exact) mass is 335 g/mol. The molecule has 0 aromatic heterocycles. The van der Waals surface area contributed by atoms with Gasteiger partial charge in [0, 0.05) is 25.6 Å². The Morgan fingerprint density at radius 2 is 1.81 bits per heavy atom. The molecule has 0 bridgehead atoms. The molecule has 0 aliphatic rings. The van der Waals surface area contributed by atoms with Crippen LogP contribution in [-0.2, 0) is 14.8 Å². The van der Waals surface area contributed by atoms with E-state index in [0.717, 1.165) is 5.56 Å². The maximum absolute atomic E-state index is 11.9. The van der Waals surface area contributed by atoms with E-state index in [4.69, 9.17) is 5.73 Å². The quantitative estimate of drug-likeness (QED) is 0.633. The Morgan fingerprint density at radius 1 is 1.24 bits per heavy atom. The summed E-state index contributed by atoms with van der Waals surface area (Å²) < 4.78 is 26.3. The predicted octanol–water partition coefficient (Wildman–Crippen LogP) is 0.549. The fraction of sp³-hybridized carbons (Fsp3) is 0.462. The Kier molecular flexibility index (Phi) is 8.50.